The van der Waals surface area contributed by atoms with Gasteiger partial charge in [-0.3, -0.25) is 4.99 Å². The number of ether oxygens (including phenoxy) is 1. The first-order valence-corrected chi connectivity index (χ1v) is 5.72. The molecule has 6 heteroatoms. The molecule has 1 atom stereocenters. The fraction of sp³-hybridized carbons (Fsp3) is 0.417. The van der Waals surface area contributed by atoms with Crippen molar-refractivity contribution >= 4 is 5.96 Å². The summed E-state index contributed by atoms with van der Waals surface area (Å²) in [5.41, 5.74) is 0.973. The summed E-state index contributed by atoms with van der Waals surface area (Å²) in [5.74, 6) is 0.939. The summed E-state index contributed by atoms with van der Waals surface area (Å²) >= 11 is 0. The Bertz CT molecular complexity index is 420. The SMILES string of the molecule is CC1CN=C(NCc2ccc(OC(F)F)cc2)N1. The molecular weight excluding hydrogens is 240 g/mol. The maximum absolute atomic E-state index is 12.0. The highest BCUT2D eigenvalue weighted by atomic mass is 19.3. The molecule has 2 N–H and O–H groups in total. The molecule has 0 saturated heterocycles. The van der Waals surface area contributed by atoms with Gasteiger partial charge >= 0.3 is 6.61 Å². The van der Waals surface area contributed by atoms with E-state index in [-0.39, 0.29) is 5.75 Å². The lowest BCUT2D eigenvalue weighted by molar-refractivity contribution is -0.0498. The lowest BCUT2D eigenvalue weighted by Crippen LogP contribution is -2.37. The van der Waals surface area contributed by atoms with E-state index < -0.39 is 6.61 Å². The van der Waals surface area contributed by atoms with Gasteiger partial charge in [-0.2, -0.15) is 8.78 Å². The number of rotatable bonds is 4. The van der Waals surface area contributed by atoms with E-state index in [2.05, 4.69) is 27.3 Å². The lowest BCUT2D eigenvalue weighted by atomic mass is 10.2. The van der Waals surface area contributed by atoms with Crippen LogP contribution >= 0.6 is 0 Å². The zero-order chi connectivity index (χ0) is 13.0. The number of hydrogen-bond acceptors (Lipinski definition) is 4. The predicted octanol–water partition coefficient (Wildman–Crippen LogP) is 1.73. The molecule has 0 amide bonds. The molecule has 0 spiro atoms. The molecule has 98 valence electrons. The van der Waals surface area contributed by atoms with Crippen molar-refractivity contribution in [2.45, 2.75) is 26.1 Å². The van der Waals surface area contributed by atoms with Crippen LogP contribution in [0.3, 0.4) is 0 Å². The summed E-state index contributed by atoms with van der Waals surface area (Å²) in [7, 11) is 0. The minimum atomic E-state index is -2.78. The first-order chi connectivity index (χ1) is 8.63. The van der Waals surface area contributed by atoms with E-state index in [4.69, 9.17) is 0 Å². The van der Waals surface area contributed by atoms with E-state index in [1.807, 2.05) is 0 Å². The predicted molar refractivity (Wildman–Crippen MR) is 64.8 cm³/mol. The number of guanidine groups is 1. The second kappa shape index (κ2) is 5.66. The maximum Gasteiger partial charge on any atom is 0.387 e. The molecule has 1 unspecified atom stereocenters. The Kier molecular flexibility index (Phi) is 3.96. The van der Waals surface area contributed by atoms with Gasteiger partial charge in [0.1, 0.15) is 5.75 Å². The van der Waals surface area contributed by atoms with Crippen LogP contribution in [0.2, 0.25) is 0 Å². The molecular formula is C12H15F2N3O. The highest BCUT2D eigenvalue weighted by molar-refractivity contribution is 5.81. The van der Waals surface area contributed by atoms with Crippen LogP contribution in [0.25, 0.3) is 0 Å². The average Bonchev–Trinajstić information content (AvgIpc) is 2.74. The zero-order valence-corrected chi connectivity index (χ0v) is 9.99. The van der Waals surface area contributed by atoms with Gasteiger partial charge < -0.3 is 15.4 Å². The molecule has 0 aliphatic carbocycles. The smallest absolute Gasteiger partial charge is 0.387 e. The van der Waals surface area contributed by atoms with Crippen molar-refractivity contribution in [1.29, 1.82) is 0 Å². The minimum absolute atomic E-state index is 0.165. The molecule has 4 nitrogen and oxygen atoms in total. The Labute approximate surface area is 104 Å². The largest absolute Gasteiger partial charge is 0.435 e. The van der Waals surface area contributed by atoms with E-state index in [0.717, 1.165) is 18.1 Å². The fourth-order valence-electron chi connectivity index (χ4n) is 1.63. The summed E-state index contributed by atoms with van der Waals surface area (Å²) in [4.78, 5) is 4.26. The van der Waals surface area contributed by atoms with Gasteiger partial charge in [0.15, 0.2) is 5.96 Å². The van der Waals surface area contributed by atoms with Gasteiger partial charge in [0, 0.05) is 12.6 Å². The van der Waals surface area contributed by atoms with Crippen LogP contribution in [0.4, 0.5) is 8.78 Å². The molecule has 1 heterocycles. The molecule has 1 aromatic rings. The van der Waals surface area contributed by atoms with Crippen LogP contribution in [-0.2, 0) is 6.54 Å². The zero-order valence-electron chi connectivity index (χ0n) is 9.99. The molecule has 0 fully saturated rings. The number of halogens is 2. The number of nitrogens with one attached hydrogen (secondary N) is 2. The number of hydrogen-bond donors (Lipinski definition) is 2. The Hall–Kier alpha value is -1.85. The number of aliphatic imine (C=N–C) groups is 1. The van der Waals surface area contributed by atoms with Crippen molar-refractivity contribution in [3.05, 3.63) is 29.8 Å². The second-order valence-corrected chi connectivity index (χ2v) is 4.11. The summed E-state index contributed by atoms with van der Waals surface area (Å²) in [6, 6.07) is 6.88. The Morgan fingerprint density at radius 3 is 2.72 bits per heavy atom. The first-order valence-electron chi connectivity index (χ1n) is 5.72. The maximum atomic E-state index is 12.0. The van der Waals surface area contributed by atoms with Gasteiger partial charge in [-0.15, -0.1) is 0 Å². The van der Waals surface area contributed by atoms with Gasteiger partial charge in [0.2, 0.25) is 0 Å². The molecule has 2 rings (SSSR count). The monoisotopic (exact) mass is 255 g/mol. The fourth-order valence-corrected chi connectivity index (χ4v) is 1.63. The van der Waals surface area contributed by atoms with E-state index in [1.54, 1.807) is 12.1 Å². The van der Waals surface area contributed by atoms with Crippen molar-refractivity contribution in [2.24, 2.45) is 4.99 Å². The van der Waals surface area contributed by atoms with E-state index in [0.29, 0.717) is 12.6 Å². The summed E-state index contributed by atoms with van der Waals surface area (Å²) in [6.45, 7) is 0.624. The third kappa shape index (κ3) is 3.58. The van der Waals surface area contributed by atoms with E-state index >= 15 is 0 Å². The van der Waals surface area contributed by atoms with Crippen LogP contribution in [-0.4, -0.2) is 25.2 Å². The lowest BCUT2D eigenvalue weighted by Gasteiger charge is -2.09. The summed E-state index contributed by atoms with van der Waals surface area (Å²) in [6.07, 6.45) is 0. The van der Waals surface area contributed by atoms with Crippen molar-refractivity contribution in [3.63, 3.8) is 0 Å². The van der Waals surface area contributed by atoms with Crippen LogP contribution < -0.4 is 15.4 Å². The third-order valence-electron chi connectivity index (χ3n) is 2.51. The van der Waals surface area contributed by atoms with Gasteiger partial charge in [-0.1, -0.05) is 12.1 Å². The van der Waals surface area contributed by atoms with Crippen molar-refractivity contribution in [1.82, 2.24) is 10.6 Å². The standard InChI is InChI=1S/C12H15F2N3O/c1-8-6-15-12(17-8)16-7-9-2-4-10(5-3-9)18-11(13)14/h2-5,8,11H,6-7H2,1H3,(H2,15,16,17). The molecule has 0 bridgehead atoms. The highest BCUT2D eigenvalue weighted by Gasteiger charge is 2.11. The molecule has 1 aliphatic rings. The highest BCUT2D eigenvalue weighted by Crippen LogP contribution is 2.14. The van der Waals surface area contributed by atoms with E-state index in [1.165, 1.54) is 12.1 Å². The molecule has 1 aliphatic heterocycles. The van der Waals surface area contributed by atoms with Crippen LogP contribution in [0.1, 0.15) is 12.5 Å². The number of benzene rings is 1. The van der Waals surface area contributed by atoms with Crippen molar-refractivity contribution in [2.75, 3.05) is 6.54 Å². The van der Waals surface area contributed by atoms with Gasteiger partial charge in [0.05, 0.1) is 6.54 Å². The molecule has 18 heavy (non-hydrogen) atoms. The Morgan fingerprint density at radius 1 is 1.44 bits per heavy atom. The van der Waals surface area contributed by atoms with Crippen LogP contribution in [0, 0.1) is 0 Å². The number of nitrogens with zero attached hydrogens (tertiary/aromatic N) is 1. The number of alkyl halides is 2. The van der Waals surface area contributed by atoms with Crippen molar-refractivity contribution < 1.29 is 13.5 Å². The van der Waals surface area contributed by atoms with E-state index in [9.17, 15) is 8.78 Å². The van der Waals surface area contributed by atoms with Gasteiger partial charge in [-0.25, -0.2) is 0 Å². The molecule has 0 aromatic heterocycles. The van der Waals surface area contributed by atoms with Gasteiger partial charge in [-0.05, 0) is 24.6 Å². The Morgan fingerprint density at radius 2 is 2.17 bits per heavy atom. The summed E-state index contributed by atoms with van der Waals surface area (Å²) in [5, 5.41) is 6.32. The summed E-state index contributed by atoms with van der Waals surface area (Å²) < 4.78 is 28.2. The third-order valence-corrected chi connectivity index (χ3v) is 2.51. The molecule has 0 saturated carbocycles. The molecule has 1 aromatic carbocycles. The van der Waals surface area contributed by atoms with Crippen molar-refractivity contribution in [3.8, 4) is 5.75 Å². The Balaban J connectivity index is 1.83. The minimum Gasteiger partial charge on any atom is -0.435 e. The second-order valence-electron chi connectivity index (χ2n) is 4.11. The normalized spacial score (nSPS) is 18.4. The molecule has 0 radical (unpaired) electrons. The van der Waals surface area contributed by atoms with Crippen LogP contribution in [0.5, 0.6) is 5.75 Å². The van der Waals surface area contributed by atoms with Gasteiger partial charge in [0.25, 0.3) is 0 Å². The first kappa shape index (κ1) is 12.6. The average molecular weight is 255 g/mol. The quantitative estimate of drug-likeness (QED) is 0.861. The topological polar surface area (TPSA) is 45.7 Å². The van der Waals surface area contributed by atoms with Crippen LogP contribution in [0.15, 0.2) is 29.3 Å².